The summed E-state index contributed by atoms with van der Waals surface area (Å²) in [6, 6.07) is 0. The molecule has 66 valence electrons. The zero-order chi connectivity index (χ0) is 8.60. The number of hydrogen-bond donors (Lipinski definition) is 1. The van der Waals surface area contributed by atoms with Crippen LogP contribution >= 0.6 is 23.1 Å². The van der Waals surface area contributed by atoms with Crippen molar-refractivity contribution in [2.75, 3.05) is 5.75 Å². The van der Waals surface area contributed by atoms with Crippen LogP contribution in [0.5, 0.6) is 0 Å². The maximum atomic E-state index is 10.1. The molecule has 1 aliphatic heterocycles. The summed E-state index contributed by atoms with van der Waals surface area (Å²) >= 11 is 3.36. The number of aromatic nitrogens is 1. The Morgan fingerprint density at radius 1 is 1.75 bits per heavy atom. The fraction of sp³-hybridized carbons (Fsp3) is 0.625. The third kappa shape index (κ3) is 1.39. The van der Waals surface area contributed by atoms with Crippen LogP contribution in [-0.4, -0.2) is 21.1 Å². The number of thiazole rings is 1. The van der Waals surface area contributed by atoms with Crippen molar-refractivity contribution in [2.45, 2.75) is 24.2 Å². The molecule has 1 fully saturated rings. The first-order valence-corrected chi connectivity index (χ1v) is 5.92. The molecular formula is C8H11NOS2. The van der Waals surface area contributed by atoms with Gasteiger partial charge in [-0.25, -0.2) is 4.98 Å². The lowest BCUT2D eigenvalue weighted by atomic mass is 9.98. The topological polar surface area (TPSA) is 33.1 Å². The third-order valence-electron chi connectivity index (χ3n) is 2.14. The molecule has 2 unspecified atom stereocenters. The summed E-state index contributed by atoms with van der Waals surface area (Å²) in [5, 5.41) is 12.6. The minimum Gasteiger partial charge on any atom is -0.383 e. The Kier molecular flexibility index (Phi) is 2.14. The highest BCUT2D eigenvalue weighted by Gasteiger charge is 2.38. The van der Waals surface area contributed by atoms with E-state index in [-0.39, 0.29) is 0 Å². The van der Waals surface area contributed by atoms with Crippen LogP contribution in [0, 0.1) is 0 Å². The highest BCUT2D eigenvalue weighted by molar-refractivity contribution is 8.00. The van der Waals surface area contributed by atoms with Gasteiger partial charge in [0.2, 0.25) is 0 Å². The predicted octanol–water partition coefficient (Wildman–Crippen LogP) is 1.86. The summed E-state index contributed by atoms with van der Waals surface area (Å²) in [6.45, 7) is 2.15. The molecule has 0 bridgehead atoms. The van der Waals surface area contributed by atoms with Gasteiger partial charge < -0.3 is 5.11 Å². The van der Waals surface area contributed by atoms with Crippen molar-refractivity contribution in [3.63, 3.8) is 0 Å². The van der Waals surface area contributed by atoms with Gasteiger partial charge in [-0.15, -0.1) is 11.3 Å². The first-order valence-electron chi connectivity index (χ1n) is 3.93. The highest BCUT2D eigenvalue weighted by Crippen LogP contribution is 2.40. The minimum absolute atomic E-state index is 0.552. The molecule has 2 rings (SSSR count). The van der Waals surface area contributed by atoms with Crippen LogP contribution in [0.4, 0.5) is 0 Å². The molecule has 1 aromatic rings. The smallest absolute Gasteiger partial charge is 0.117 e. The third-order valence-corrected chi connectivity index (χ3v) is 4.11. The molecule has 1 N–H and O–H groups in total. The zero-order valence-electron chi connectivity index (χ0n) is 6.86. The van der Waals surface area contributed by atoms with E-state index in [1.807, 2.05) is 17.1 Å². The fourth-order valence-corrected chi connectivity index (χ4v) is 3.36. The van der Waals surface area contributed by atoms with Gasteiger partial charge in [0.25, 0.3) is 0 Å². The molecule has 0 amide bonds. The molecule has 0 saturated carbocycles. The first-order chi connectivity index (χ1) is 5.71. The van der Waals surface area contributed by atoms with Crippen LogP contribution in [0.1, 0.15) is 19.0 Å². The molecule has 12 heavy (non-hydrogen) atoms. The summed E-state index contributed by atoms with van der Waals surface area (Å²) in [5.41, 5.74) is 1.98. The Labute approximate surface area is 80.0 Å². The van der Waals surface area contributed by atoms with E-state index in [2.05, 4.69) is 11.9 Å². The van der Waals surface area contributed by atoms with Gasteiger partial charge in [0, 0.05) is 16.4 Å². The highest BCUT2D eigenvalue weighted by atomic mass is 32.2. The second kappa shape index (κ2) is 3.01. The van der Waals surface area contributed by atoms with E-state index in [0.29, 0.717) is 5.25 Å². The van der Waals surface area contributed by atoms with E-state index in [4.69, 9.17) is 0 Å². The van der Waals surface area contributed by atoms with Crippen molar-refractivity contribution in [1.29, 1.82) is 0 Å². The van der Waals surface area contributed by atoms with Crippen molar-refractivity contribution in [3.05, 3.63) is 16.6 Å². The molecule has 1 aliphatic rings. The maximum absolute atomic E-state index is 10.1. The van der Waals surface area contributed by atoms with Gasteiger partial charge in [-0.1, -0.05) is 6.92 Å². The van der Waals surface area contributed by atoms with Crippen LogP contribution in [-0.2, 0) is 5.60 Å². The van der Waals surface area contributed by atoms with Crippen LogP contribution in [0.15, 0.2) is 10.9 Å². The molecule has 1 aromatic heterocycles. The SMILES string of the molecule is CC1CC(O)(c2cscn2)CS1. The second-order valence-corrected chi connectivity index (χ2v) is 5.38. The Balaban J connectivity index is 2.23. The molecule has 2 nitrogen and oxygen atoms in total. The molecule has 2 heterocycles. The normalized spacial score (nSPS) is 35.7. The van der Waals surface area contributed by atoms with Crippen LogP contribution in [0.3, 0.4) is 0 Å². The summed E-state index contributed by atoms with van der Waals surface area (Å²) in [6.07, 6.45) is 0.835. The van der Waals surface area contributed by atoms with Crippen LogP contribution in [0.25, 0.3) is 0 Å². The predicted molar refractivity (Wildman–Crippen MR) is 52.5 cm³/mol. The molecule has 0 aromatic carbocycles. The number of rotatable bonds is 1. The van der Waals surface area contributed by atoms with E-state index in [9.17, 15) is 5.11 Å². The Morgan fingerprint density at radius 3 is 3.08 bits per heavy atom. The summed E-state index contributed by atoms with van der Waals surface area (Å²) in [7, 11) is 0. The van der Waals surface area contributed by atoms with Gasteiger partial charge in [0.15, 0.2) is 0 Å². The monoisotopic (exact) mass is 201 g/mol. The van der Waals surface area contributed by atoms with Gasteiger partial charge in [-0.05, 0) is 6.42 Å². The average Bonchev–Trinajstić information content (AvgIpc) is 2.59. The quantitative estimate of drug-likeness (QED) is 0.753. The fourth-order valence-electron chi connectivity index (χ4n) is 1.49. The standard InChI is InChI=1S/C8H11NOS2/c1-6-2-8(10,4-12-6)7-3-11-5-9-7/h3,5-6,10H,2,4H2,1H3. The molecular weight excluding hydrogens is 190 g/mol. The van der Waals surface area contributed by atoms with E-state index in [1.165, 1.54) is 0 Å². The van der Waals surface area contributed by atoms with Crippen molar-refractivity contribution >= 4 is 23.1 Å². The molecule has 0 spiro atoms. The molecule has 1 saturated heterocycles. The van der Waals surface area contributed by atoms with Crippen molar-refractivity contribution in [1.82, 2.24) is 4.98 Å². The minimum atomic E-state index is -0.649. The van der Waals surface area contributed by atoms with E-state index in [1.54, 1.807) is 16.8 Å². The number of nitrogens with zero attached hydrogens (tertiary/aromatic N) is 1. The van der Waals surface area contributed by atoms with Gasteiger partial charge in [-0.3, -0.25) is 0 Å². The van der Waals surface area contributed by atoms with Crippen LogP contribution < -0.4 is 0 Å². The van der Waals surface area contributed by atoms with Gasteiger partial charge in [-0.2, -0.15) is 11.8 Å². The summed E-state index contributed by atoms with van der Waals surface area (Å²) < 4.78 is 0. The number of hydrogen-bond acceptors (Lipinski definition) is 4. The Bertz CT molecular complexity index is 262. The van der Waals surface area contributed by atoms with E-state index >= 15 is 0 Å². The van der Waals surface area contributed by atoms with Crippen LogP contribution in [0.2, 0.25) is 0 Å². The van der Waals surface area contributed by atoms with Crippen molar-refractivity contribution < 1.29 is 5.11 Å². The Morgan fingerprint density at radius 2 is 2.58 bits per heavy atom. The Hall–Kier alpha value is -0.0600. The molecule has 2 atom stereocenters. The first kappa shape index (κ1) is 8.53. The number of thioether (sulfide) groups is 1. The van der Waals surface area contributed by atoms with Crippen molar-refractivity contribution in [2.24, 2.45) is 0 Å². The van der Waals surface area contributed by atoms with Gasteiger partial charge in [0.1, 0.15) is 5.60 Å². The molecule has 0 radical (unpaired) electrons. The van der Waals surface area contributed by atoms with E-state index in [0.717, 1.165) is 17.9 Å². The van der Waals surface area contributed by atoms with Crippen molar-refractivity contribution in [3.8, 4) is 0 Å². The van der Waals surface area contributed by atoms with E-state index < -0.39 is 5.60 Å². The lowest BCUT2D eigenvalue weighted by Gasteiger charge is -2.18. The number of aliphatic hydroxyl groups is 1. The lowest BCUT2D eigenvalue weighted by molar-refractivity contribution is 0.0573. The molecule has 4 heteroatoms. The average molecular weight is 201 g/mol. The van der Waals surface area contributed by atoms with Gasteiger partial charge in [0.05, 0.1) is 11.2 Å². The lowest BCUT2D eigenvalue weighted by Crippen LogP contribution is -2.25. The summed E-state index contributed by atoms with van der Waals surface area (Å²) in [4.78, 5) is 4.16. The summed E-state index contributed by atoms with van der Waals surface area (Å²) in [5.74, 6) is 0.790. The second-order valence-electron chi connectivity index (χ2n) is 3.23. The largest absolute Gasteiger partial charge is 0.383 e. The maximum Gasteiger partial charge on any atom is 0.117 e. The zero-order valence-corrected chi connectivity index (χ0v) is 8.49. The van der Waals surface area contributed by atoms with Gasteiger partial charge >= 0.3 is 0 Å². The molecule has 0 aliphatic carbocycles.